The number of oxazole rings is 1. The van der Waals surface area contributed by atoms with Gasteiger partial charge in [0.15, 0.2) is 5.58 Å². The largest absolute Gasteiger partial charge is 0.419 e. The molecule has 0 spiro atoms. The number of fused-ring (bicyclic) bond motifs is 1. The molecule has 22 heavy (non-hydrogen) atoms. The minimum Gasteiger partial charge on any atom is -0.408 e. The molecule has 1 saturated heterocycles. The molecular weight excluding hydrogens is 304 g/mol. The van der Waals surface area contributed by atoms with E-state index in [2.05, 4.69) is 0 Å². The van der Waals surface area contributed by atoms with Gasteiger partial charge in [-0.05, 0) is 38.8 Å². The molecule has 0 bridgehead atoms. The smallest absolute Gasteiger partial charge is 0.408 e. The zero-order chi connectivity index (χ0) is 15.9. The molecule has 120 valence electrons. The molecule has 0 saturated carbocycles. The van der Waals surface area contributed by atoms with E-state index in [1.54, 1.807) is 16.4 Å². The van der Waals surface area contributed by atoms with Crippen LogP contribution in [-0.4, -0.2) is 29.9 Å². The molecular formula is C15H20N2O4S. The fourth-order valence-electron chi connectivity index (χ4n) is 3.07. The van der Waals surface area contributed by atoms with E-state index in [9.17, 15) is 13.2 Å². The Morgan fingerprint density at radius 2 is 2.09 bits per heavy atom. The molecule has 0 aliphatic carbocycles. The second kappa shape index (κ2) is 5.55. The lowest BCUT2D eigenvalue weighted by molar-refractivity contribution is 0.268. The molecule has 3 rings (SSSR count). The molecule has 7 heteroatoms. The Morgan fingerprint density at radius 1 is 1.32 bits per heavy atom. The number of hydrogen-bond donors (Lipinski definition) is 0. The maximum Gasteiger partial charge on any atom is 0.419 e. The van der Waals surface area contributed by atoms with Crippen LogP contribution in [0.25, 0.3) is 11.1 Å². The van der Waals surface area contributed by atoms with Gasteiger partial charge in [0.05, 0.1) is 10.4 Å². The summed E-state index contributed by atoms with van der Waals surface area (Å²) in [5.41, 5.74) is 0.940. The Hall–Kier alpha value is -1.60. The van der Waals surface area contributed by atoms with Gasteiger partial charge in [0.25, 0.3) is 0 Å². The van der Waals surface area contributed by atoms with Crippen molar-refractivity contribution in [2.24, 2.45) is 0 Å². The van der Waals surface area contributed by atoms with Gasteiger partial charge >= 0.3 is 5.76 Å². The third-order valence-corrected chi connectivity index (χ3v) is 6.31. The van der Waals surface area contributed by atoms with Crippen LogP contribution in [-0.2, 0) is 16.6 Å². The molecule has 1 fully saturated rings. The van der Waals surface area contributed by atoms with Crippen molar-refractivity contribution in [2.75, 3.05) is 6.54 Å². The number of aryl methyl sites for hydroxylation is 1. The maximum atomic E-state index is 12.8. The molecule has 2 heterocycles. The summed E-state index contributed by atoms with van der Waals surface area (Å²) in [6.45, 7) is 4.81. The second-order valence-corrected chi connectivity index (χ2v) is 7.59. The van der Waals surface area contributed by atoms with E-state index in [1.807, 2.05) is 13.8 Å². The highest BCUT2D eigenvalue weighted by Gasteiger charge is 2.31. The van der Waals surface area contributed by atoms with Gasteiger partial charge in [-0.25, -0.2) is 13.2 Å². The molecule has 1 aromatic heterocycles. The number of aromatic nitrogens is 1. The molecule has 6 nitrogen and oxygen atoms in total. The van der Waals surface area contributed by atoms with Crippen LogP contribution in [0.2, 0.25) is 0 Å². The van der Waals surface area contributed by atoms with Crippen molar-refractivity contribution in [1.29, 1.82) is 0 Å². The van der Waals surface area contributed by atoms with Crippen LogP contribution in [0.4, 0.5) is 0 Å². The summed E-state index contributed by atoms with van der Waals surface area (Å²) in [4.78, 5) is 11.9. The van der Waals surface area contributed by atoms with Crippen LogP contribution in [0.15, 0.2) is 32.3 Å². The van der Waals surface area contributed by atoms with Gasteiger partial charge in [0.1, 0.15) is 0 Å². The van der Waals surface area contributed by atoms with Crippen molar-refractivity contribution in [3.05, 3.63) is 28.7 Å². The molecule has 2 aromatic rings. The fourth-order valence-corrected chi connectivity index (χ4v) is 4.79. The number of sulfonamides is 1. The molecule has 0 radical (unpaired) electrons. The second-order valence-electron chi connectivity index (χ2n) is 5.70. The Bertz CT molecular complexity index is 850. The van der Waals surface area contributed by atoms with Crippen LogP contribution in [0.5, 0.6) is 0 Å². The van der Waals surface area contributed by atoms with E-state index >= 15 is 0 Å². The topological polar surface area (TPSA) is 72.5 Å². The number of piperidine rings is 1. The van der Waals surface area contributed by atoms with E-state index in [1.165, 1.54) is 10.6 Å². The predicted octanol–water partition coefficient (Wildman–Crippen LogP) is 2.18. The third kappa shape index (κ3) is 2.38. The van der Waals surface area contributed by atoms with Crippen molar-refractivity contribution < 1.29 is 12.8 Å². The number of nitrogens with zero attached hydrogens (tertiary/aromatic N) is 2. The molecule has 0 N–H and O–H groups in total. The van der Waals surface area contributed by atoms with Crippen LogP contribution in [0.1, 0.15) is 33.1 Å². The van der Waals surface area contributed by atoms with Gasteiger partial charge in [0, 0.05) is 25.2 Å². The van der Waals surface area contributed by atoms with Gasteiger partial charge in [0.2, 0.25) is 10.0 Å². The first-order valence-corrected chi connectivity index (χ1v) is 9.04. The summed E-state index contributed by atoms with van der Waals surface area (Å²) in [6, 6.07) is 4.66. The highest BCUT2D eigenvalue weighted by Crippen LogP contribution is 2.27. The summed E-state index contributed by atoms with van der Waals surface area (Å²) >= 11 is 0. The van der Waals surface area contributed by atoms with Gasteiger partial charge in [-0.3, -0.25) is 4.57 Å². The summed E-state index contributed by atoms with van der Waals surface area (Å²) in [5.74, 6) is -0.460. The zero-order valence-electron chi connectivity index (χ0n) is 12.8. The van der Waals surface area contributed by atoms with Crippen LogP contribution in [0.3, 0.4) is 0 Å². The molecule has 1 atom stereocenters. The van der Waals surface area contributed by atoms with E-state index in [4.69, 9.17) is 4.42 Å². The summed E-state index contributed by atoms with van der Waals surface area (Å²) < 4.78 is 33.8. The summed E-state index contributed by atoms with van der Waals surface area (Å²) in [6.07, 6.45) is 2.82. The Morgan fingerprint density at radius 3 is 2.77 bits per heavy atom. The van der Waals surface area contributed by atoms with Crippen LogP contribution >= 0.6 is 0 Å². The van der Waals surface area contributed by atoms with E-state index < -0.39 is 15.8 Å². The van der Waals surface area contributed by atoms with Gasteiger partial charge in [-0.15, -0.1) is 0 Å². The number of benzene rings is 1. The minimum absolute atomic E-state index is 0.00157. The van der Waals surface area contributed by atoms with Gasteiger partial charge in [-0.2, -0.15) is 4.31 Å². The average Bonchev–Trinajstić information content (AvgIpc) is 2.81. The van der Waals surface area contributed by atoms with Crippen molar-refractivity contribution in [1.82, 2.24) is 8.87 Å². The quantitative estimate of drug-likeness (QED) is 0.867. The SMILES string of the molecule is CCn1c(=O)oc2cc(S(=O)(=O)N3CCCC[C@H]3C)ccc21. The van der Waals surface area contributed by atoms with Crippen molar-refractivity contribution in [2.45, 2.75) is 50.6 Å². The van der Waals surface area contributed by atoms with Crippen molar-refractivity contribution in [3.63, 3.8) is 0 Å². The third-order valence-electron chi connectivity index (χ3n) is 4.30. The van der Waals surface area contributed by atoms with Crippen LogP contribution < -0.4 is 5.76 Å². The highest BCUT2D eigenvalue weighted by atomic mass is 32.2. The standard InChI is InChI=1S/C15H20N2O4S/c1-3-16-13-8-7-12(10-14(13)21-15(16)18)22(19,20)17-9-5-4-6-11(17)2/h7-8,10-11H,3-6,9H2,1-2H3/t11-/m1/s1. The molecule has 1 aromatic carbocycles. The minimum atomic E-state index is -3.55. The van der Waals surface area contributed by atoms with E-state index in [0.29, 0.717) is 24.2 Å². The van der Waals surface area contributed by atoms with E-state index in [-0.39, 0.29) is 10.9 Å². The van der Waals surface area contributed by atoms with Gasteiger partial charge < -0.3 is 4.42 Å². The summed E-state index contributed by atoms with van der Waals surface area (Å²) in [5, 5.41) is 0. The molecule has 1 aliphatic rings. The predicted molar refractivity (Wildman–Crippen MR) is 83.4 cm³/mol. The fraction of sp³-hybridized carbons (Fsp3) is 0.533. The zero-order valence-corrected chi connectivity index (χ0v) is 13.6. The maximum absolute atomic E-state index is 12.8. The first-order valence-electron chi connectivity index (χ1n) is 7.60. The lowest BCUT2D eigenvalue weighted by atomic mass is 10.1. The monoisotopic (exact) mass is 324 g/mol. The Labute approximate surface area is 129 Å². The number of rotatable bonds is 3. The Kier molecular flexibility index (Phi) is 3.86. The number of hydrogen-bond acceptors (Lipinski definition) is 4. The normalized spacial score (nSPS) is 20.5. The first-order chi connectivity index (χ1) is 10.4. The van der Waals surface area contributed by atoms with Crippen molar-refractivity contribution >= 4 is 21.1 Å². The molecule has 0 unspecified atom stereocenters. The lowest BCUT2D eigenvalue weighted by Gasteiger charge is -2.32. The molecule has 0 amide bonds. The first kappa shape index (κ1) is 15.3. The summed E-state index contributed by atoms with van der Waals surface area (Å²) in [7, 11) is -3.55. The molecule has 1 aliphatic heterocycles. The lowest BCUT2D eigenvalue weighted by Crippen LogP contribution is -2.41. The average molecular weight is 324 g/mol. The van der Waals surface area contributed by atoms with Crippen LogP contribution in [0, 0.1) is 0 Å². The Balaban J connectivity index is 2.07. The van der Waals surface area contributed by atoms with Gasteiger partial charge in [-0.1, -0.05) is 6.42 Å². The highest BCUT2D eigenvalue weighted by molar-refractivity contribution is 7.89. The van der Waals surface area contributed by atoms with Crippen molar-refractivity contribution in [3.8, 4) is 0 Å². The van der Waals surface area contributed by atoms with E-state index in [0.717, 1.165) is 19.3 Å².